The molecular formula is C8H20BLi. The molecule has 0 aromatic carbocycles. The van der Waals surface area contributed by atoms with Gasteiger partial charge in [0, 0.05) is 0 Å². The number of hydrogen-bond acceptors (Lipinski definition) is 0. The molecule has 10 heavy (non-hydrogen) atoms. The summed E-state index contributed by atoms with van der Waals surface area (Å²) in [5.74, 6) is 0. The molecule has 0 fully saturated rings. The van der Waals surface area contributed by atoms with Gasteiger partial charge < -0.3 is 0 Å². The molecule has 0 atom stereocenters. The van der Waals surface area contributed by atoms with Crippen molar-refractivity contribution in [2.45, 2.75) is 53.0 Å². The molecule has 0 aliphatic heterocycles. The van der Waals surface area contributed by atoms with Crippen LogP contribution < -0.4 is 18.9 Å². The average Bonchev–Trinajstić information content (AvgIpc) is 1.95. The van der Waals surface area contributed by atoms with E-state index < -0.39 is 0 Å². The van der Waals surface area contributed by atoms with Crippen LogP contribution in [0.5, 0.6) is 0 Å². The summed E-state index contributed by atoms with van der Waals surface area (Å²) in [6.07, 6.45) is 5.68. The molecule has 0 unspecified atom stereocenters. The number of hydrogen-bond donors (Lipinski definition) is 0. The van der Waals surface area contributed by atoms with Crippen LogP contribution in [-0.4, -0.2) is 6.15 Å². The Hall–Kier alpha value is 0.662. The Labute approximate surface area is 78.2 Å². The van der Waals surface area contributed by atoms with E-state index in [1.807, 2.05) is 0 Å². The minimum Gasteiger partial charge on any atom is -0.181 e. The first-order valence-corrected chi connectivity index (χ1v) is 4.46. The van der Waals surface area contributed by atoms with Crippen LogP contribution in [0.15, 0.2) is 0 Å². The van der Waals surface area contributed by atoms with Crippen molar-refractivity contribution >= 4 is 6.15 Å². The summed E-state index contributed by atoms with van der Waals surface area (Å²) in [5.41, 5.74) is 0. The van der Waals surface area contributed by atoms with Gasteiger partial charge in [0.15, 0.2) is 0 Å². The smallest absolute Gasteiger partial charge is 0.181 e. The second-order valence-corrected chi connectivity index (χ2v) is 3.37. The molecule has 0 aromatic heterocycles. The maximum absolute atomic E-state index is 2.33. The molecule has 0 heterocycles. The molecule has 0 amide bonds. The Morgan fingerprint density at radius 3 is 0.900 bits per heavy atom. The second-order valence-electron chi connectivity index (χ2n) is 3.37. The fourth-order valence-corrected chi connectivity index (χ4v) is 1.73. The average molecular weight is 134 g/mol. The molecular weight excluding hydrogens is 114 g/mol. The SMILES string of the molecule is CC[B-](CC)(CC)CC.[Li+]. The zero-order valence-electron chi connectivity index (χ0n) is 8.41. The van der Waals surface area contributed by atoms with Gasteiger partial charge in [0.05, 0.1) is 0 Å². The summed E-state index contributed by atoms with van der Waals surface area (Å²) in [5, 5.41) is 0. The van der Waals surface area contributed by atoms with Crippen molar-refractivity contribution in [3.63, 3.8) is 0 Å². The Balaban J connectivity index is 0. The molecule has 0 N–H and O–H groups in total. The van der Waals surface area contributed by atoms with Gasteiger partial charge in [0.25, 0.3) is 0 Å². The van der Waals surface area contributed by atoms with Crippen LogP contribution in [0, 0.1) is 0 Å². The third-order valence-corrected chi connectivity index (χ3v) is 3.46. The van der Waals surface area contributed by atoms with E-state index in [9.17, 15) is 0 Å². The van der Waals surface area contributed by atoms with Gasteiger partial charge >= 0.3 is 18.9 Å². The molecule has 0 bridgehead atoms. The fourth-order valence-electron chi connectivity index (χ4n) is 1.73. The Kier molecular flexibility index (Phi) is 8.46. The zero-order valence-corrected chi connectivity index (χ0v) is 8.41. The van der Waals surface area contributed by atoms with Crippen LogP contribution in [0.1, 0.15) is 27.7 Å². The molecule has 0 spiro atoms. The molecule has 0 aliphatic carbocycles. The first-order valence-electron chi connectivity index (χ1n) is 4.46. The normalized spacial score (nSPS) is 10.8. The summed E-state index contributed by atoms with van der Waals surface area (Å²) in [7, 11) is 0. The van der Waals surface area contributed by atoms with E-state index in [1.165, 1.54) is 25.3 Å². The van der Waals surface area contributed by atoms with Crippen LogP contribution in [0.2, 0.25) is 25.3 Å². The summed E-state index contributed by atoms with van der Waals surface area (Å²) in [6, 6.07) is 0. The van der Waals surface area contributed by atoms with E-state index in [4.69, 9.17) is 0 Å². The van der Waals surface area contributed by atoms with Crippen LogP contribution >= 0.6 is 0 Å². The van der Waals surface area contributed by atoms with Crippen LogP contribution in [-0.2, 0) is 0 Å². The maximum Gasteiger partial charge on any atom is 1.00 e. The standard InChI is InChI=1S/C8H20B.Li/c1-5-9(6-2,7-3)8-4;/h5-8H2,1-4H3;/q-1;+1. The Morgan fingerprint density at radius 2 is 0.900 bits per heavy atom. The Morgan fingerprint density at radius 1 is 0.700 bits per heavy atom. The maximum atomic E-state index is 2.33. The third-order valence-electron chi connectivity index (χ3n) is 3.46. The minimum absolute atomic E-state index is 0. The minimum atomic E-state index is 0. The van der Waals surface area contributed by atoms with Crippen molar-refractivity contribution in [2.75, 3.05) is 0 Å². The van der Waals surface area contributed by atoms with Gasteiger partial charge in [-0.25, -0.2) is 0 Å². The summed E-state index contributed by atoms with van der Waals surface area (Å²) in [6.45, 7) is 9.32. The molecule has 0 nitrogen and oxygen atoms in total. The topological polar surface area (TPSA) is 0 Å². The van der Waals surface area contributed by atoms with Gasteiger partial charge in [-0.3, -0.25) is 0 Å². The van der Waals surface area contributed by atoms with Gasteiger partial charge in [0.2, 0.25) is 0 Å². The fraction of sp³-hybridized carbons (Fsp3) is 1.00. The van der Waals surface area contributed by atoms with Crippen molar-refractivity contribution in [3.05, 3.63) is 0 Å². The molecule has 0 saturated heterocycles. The molecule has 0 aromatic rings. The molecule has 0 saturated carbocycles. The van der Waals surface area contributed by atoms with E-state index in [-0.39, 0.29) is 25.0 Å². The van der Waals surface area contributed by atoms with E-state index >= 15 is 0 Å². The quantitative estimate of drug-likeness (QED) is 0.491. The van der Waals surface area contributed by atoms with Crippen molar-refractivity contribution in [1.29, 1.82) is 0 Å². The van der Waals surface area contributed by atoms with Crippen LogP contribution in [0.4, 0.5) is 0 Å². The number of rotatable bonds is 4. The summed E-state index contributed by atoms with van der Waals surface area (Å²) in [4.78, 5) is 0. The largest absolute Gasteiger partial charge is 1.00 e. The van der Waals surface area contributed by atoms with E-state index in [2.05, 4.69) is 27.7 Å². The molecule has 2 heteroatoms. The first-order chi connectivity index (χ1) is 4.24. The van der Waals surface area contributed by atoms with Crippen molar-refractivity contribution in [1.82, 2.24) is 0 Å². The molecule has 56 valence electrons. The monoisotopic (exact) mass is 134 g/mol. The first kappa shape index (κ1) is 13.3. The van der Waals surface area contributed by atoms with Crippen LogP contribution in [0.3, 0.4) is 0 Å². The van der Waals surface area contributed by atoms with Crippen molar-refractivity contribution in [2.24, 2.45) is 0 Å². The van der Waals surface area contributed by atoms with Gasteiger partial charge in [-0.05, 0) is 6.15 Å². The van der Waals surface area contributed by atoms with Gasteiger partial charge in [-0.2, -0.15) is 25.3 Å². The van der Waals surface area contributed by atoms with Gasteiger partial charge in [0.1, 0.15) is 0 Å². The van der Waals surface area contributed by atoms with Gasteiger partial charge in [-0.15, -0.1) is 0 Å². The molecule has 0 radical (unpaired) electrons. The van der Waals surface area contributed by atoms with E-state index in [1.54, 1.807) is 0 Å². The predicted molar refractivity (Wildman–Crippen MR) is 47.7 cm³/mol. The third kappa shape index (κ3) is 3.17. The van der Waals surface area contributed by atoms with E-state index in [0.717, 1.165) is 0 Å². The zero-order chi connectivity index (χ0) is 7.33. The van der Waals surface area contributed by atoms with E-state index in [0.29, 0.717) is 0 Å². The molecule has 0 aliphatic rings. The van der Waals surface area contributed by atoms with Crippen molar-refractivity contribution in [3.8, 4) is 0 Å². The van der Waals surface area contributed by atoms with Gasteiger partial charge in [-0.1, -0.05) is 27.7 Å². The predicted octanol–water partition coefficient (Wildman–Crippen LogP) is 0.519. The van der Waals surface area contributed by atoms with Crippen molar-refractivity contribution < 1.29 is 18.9 Å². The summed E-state index contributed by atoms with van der Waals surface area (Å²) >= 11 is 0. The summed E-state index contributed by atoms with van der Waals surface area (Å²) < 4.78 is 0. The van der Waals surface area contributed by atoms with Crippen LogP contribution in [0.25, 0.3) is 0 Å². The second kappa shape index (κ2) is 6.38. The molecule has 0 rings (SSSR count). The Bertz CT molecular complexity index is 52.1.